The lowest BCUT2D eigenvalue weighted by Gasteiger charge is -2.36. The van der Waals surface area contributed by atoms with E-state index >= 15 is 0 Å². The highest BCUT2D eigenvalue weighted by Crippen LogP contribution is 2.42. The summed E-state index contributed by atoms with van der Waals surface area (Å²) in [6, 6.07) is 20.3. The predicted molar refractivity (Wildman–Crippen MR) is 126 cm³/mol. The summed E-state index contributed by atoms with van der Waals surface area (Å²) < 4.78 is 8.29. The minimum atomic E-state index is 0.438. The predicted octanol–water partition coefficient (Wildman–Crippen LogP) is 4.42. The topological polar surface area (TPSA) is 78.0 Å². The van der Waals surface area contributed by atoms with Gasteiger partial charge in [0, 0.05) is 23.4 Å². The summed E-state index contributed by atoms with van der Waals surface area (Å²) in [5, 5.41) is 4.36. The molecule has 4 aromatic rings. The number of nitrogens with one attached hydrogen (secondary N) is 1. The number of rotatable bonds is 8. The lowest BCUT2D eigenvalue weighted by atomic mass is 9.80. The number of nitrogens with zero attached hydrogens (tertiary/aromatic N) is 3. The molecule has 0 atom stereocenters. The van der Waals surface area contributed by atoms with Gasteiger partial charge in [-0.2, -0.15) is 0 Å². The van der Waals surface area contributed by atoms with Crippen LogP contribution in [0.2, 0.25) is 0 Å². The van der Waals surface area contributed by atoms with Crippen molar-refractivity contribution in [1.29, 1.82) is 0 Å². The quantitative estimate of drug-likeness (QED) is 0.437. The lowest BCUT2D eigenvalue weighted by Crippen LogP contribution is -2.34. The van der Waals surface area contributed by atoms with Gasteiger partial charge in [-0.25, -0.2) is 9.97 Å². The fourth-order valence-electron chi connectivity index (χ4n) is 4.44. The number of anilines is 1. The largest absolute Gasteiger partial charge is 0.488 e. The molecular formula is C26H27N5O. The molecule has 6 nitrogen and oxygen atoms in total. The van der Waals surface area contributed by atoms with E-state index in [1.807, 2.05) is 36.4 Å². The number of hydrogen-bond donors (Lipinski definition) is 2. The second-order valence-corrected chi connectivity index (χ2v) is 8.34. The third-order valence-corrected chi connectivity index (χ3v) is 6.17. The van der Waals surface area contributed by atoms with E-state index in [0.29, 0.717) is 24.4 Å². The molecule has 1 aliphatic carbocycles. The Labute approximate surface area is 188 Å². The molecule has 162 valence electrons. The van der Waals surface area contributed by atoms with Crippen molar-refractivity contribution in [3.63, 3.8) is 0 Å². The summed E-state index contributed by atoms with van der Waals surface area (Å²) in [6.07, 6.45) is 6.03. The first kappa shape index (κ1) is 20.3. The van der Waals surface area contributed by atoms with Crippen molar-refractivity contribution in [2.45, 2.75) is 32.4 Å². The highest BCUT2D eigenvalue weighted by atomic mass is 16.5. The second-order valence-electron chi connectivity index (χ2n) is 8.34. The van der Waals surface area contributed by atoms with E-state index in [1.165, 1.54) is 0 Å². The molecule has 0 amide bonds. The minimum absolute atomic E-state index is 0.438. The summed E-state index contributed by atoms with van der Waals surface area (Å²) in [5.74, 6) is 2.02. The molecule has 1 fully saturated rings. The van der Waals surface area contributed by atoms with Crippen LogP contribution in [0.3, 0.4) is 0 Å². The Bertz CT molecular complexity index is 1200. The molecule has 0 radical (unpaired) electrons. The minimum Gasteiger partial charge on any atom is -0.488 e. The normalized spacial score (nSPS) is 17.7. The Balaban J connectivity index is 1.43. The number of nitrogen functional groups attached to an aromatic ring is 1. The van der Waals surface area contributed by atoms with Crippen LogP contribution in [0.25, 0.3) is 22.2 Å². The van der Waals surface area contributed by atoms with Crippen LogP contribution in [0.15, 0.2) is 55.0 Å². The average molecular weight is 426 g/mol. The molecule has 0 spiro atoms. The van der Waals surface area contributed by atoms with Crippen LogP contribution < -0.4 is 15.8 Å². The van der Waals surface area contributed by atoms with Gasteiger partial charge in [0.1, 0.15) is 30.1 Å². The molecular weight excluding hydrogens is 398 g/mol. The highest BCUT2D eigenvalue weighted by molar-refractivity contribution is 6.00. The fourth-order valence-corrected chi connectivity index (χ4v) is 4.44. The molecule has 0 saturated heterocycles. The Hall–Kier alpha value is -3.56. The van der Waals surface area contributed by atoms with E-state index in [1.54, 1.807) is 6.33 Å². The number of ether oxygens (including phenoxy) is 1. The number of nitrogens with two attached hydrogens (primary N) is 1. The molecule has 2 aromatic heterocycles. The third kappa shape index (κ3) is 4.00. The zero-order valence-corrected chi connectivity index (χ0v) is 18.2. The van der Waals surface area contributed by atoms with Crippen molar-refractivity contribution >= 4 is 16.9 Å². The van der Waals surface area contributed by atoms with Gasteiger partial charge in [0.15, 0.2) is 0 Å². The first-order chi connectivity index (χ1) is 15.7. The van der Waals surface area contributed by atoms with Crippen LogP contribution in [-0.2, 0) is 6.61 Å². The Kier molecular flexibility index (Phi) is 5.66. The second kappa shape index (κ2) is 8.89. The van der Waals surface area contributed by atoms with Crippen LogP contribution in [0.5, 0.6) is 5.75 Å². The Morgan fingerprint density at radius 3 is 2.94 bits per heavy atom. The summed E-state index contributed by atoms with van der Waals surface area (Å²) in [5.41, 5.74) is 10.3. The van der Waals surface area contributed by atoms with Crippen molar-refractivity contribution in [3.05, 3.63) is 72.7 Å². The smallest absolute Gasteiger partial charge is 0.146 e. The van der Waals surface area contributed by atoms with E-state index in [2.05, 4.69) is 51.2 Å². The van der Waals surface area contributed by atoms with E-state index < -0.39 is 0 Å². The van der Waals surface area contributed by atoms with Gasteiger partial charge < -0.3 is 20.4 Å². The highest BCUT2D eigenvalue weighted by Gasteiger charge is 2.32. The molecule has 0 bridgehead atoms. The summed E-state index contributed by atoms with van der Waals surface area (Å²) in [7, 11) is 0. The van der Waals surface area contributed by atoms with Crippen molar-refractivity contribution in [1.82, 2.24) is 19.9 Å². The zero-order valence-electron chi connectivity index (χ0n) is 18.2. The molecule has 5 rings (SSSR count). The van der Waals surface area contributed by atoms with Gasteiger partial charge in [0.05, 0.1) is 5.39 Å². The van der Waals surface area contributed by atoms with Crippen LogP contribution in [0.4, 0.5) is 5.82 Å². The average Bonchev–Trinajstić information content (AvgIpc) is 3.18. The maximum absolute atomic E-state index is 6.32. The van der Waals surface area contributed by atoms with Crippen LogP contribution in [-0.4, -0.2) is 27.6 Å². The lowest BCUT2D eigenvalue weighted by molar-refractivity contribution is 0.198. The monoisotopic (exact) mass is 425 g/mol. The Morgan fingerprint density at radius 1 is 1.22 bits per heavy atom. The van der Waals surface area contributed by atoms with Gasteiger partial charge in [-0.1, -0.05) is 37.3 Å². The van der Waals surface area contributed by atoms with Gasteiger partial charge in [-0.05, 0) is 61.7 Å². The van der Waals surface area contributed by atoms with Crippen molar-refractivity contribution in [2.24, 2.45) is 5.92 Å². The maximum atomic E-state index is 6.32. The van der Waals surface area contributed by atoms with Gasteiger partial charge in [0.25, 0.3) is 0 Å². The van der Waals surface area contributed by atoms with E-state index in [9.17, 15) is 0 Å². The van der Waals surface area contributed by atoms with Crippen molar-refractivity contribution < 1.29 is 4.74 Å². The third-order valence-electron chi connectivity index (χ3n) is 6.17. The van der Waals surface area contributed by atoms with Crippen molar-refractivity contribution in [2.75, 3.05) is 18.8 Å². The number of hydrogen-bond acceptors (Lipinski definition) is 5. The maximum Gasteiger partial charge on any atom is 0.146 e. The summed E-state index contributed by atoms with van der Waals surface area (Å²) >= 11 is 0. The molecule has 32 heavy (non-hydrogen) atoms. The summed E-state index contributed by atoms with van der Waals surface area (Å²) in [4.78, 5) is 8.86. The standard InChI is InChI=1S/C26H27N5O/c1-2-28-14-19-11-21(12-19)31-15-23(24-25(27)29-17-30-26(24)31)20-9-6-10-22(13-20)32-16-18-7-4-3-5-8-18/h3-4,6-7,9-10,13,15,17,19,21,28H,2,11-12,14,16H2,1H3,(H2,27,29,30). The molecule has 1 aliphatic rings. The summed E-state index contributed by atoms with van der Waals surface area (Å²) in [6.45, 7) is 4.69. The number of aromatic nitrogens is 3. The van der Waals surface area contributed by atoms with Gasteiger partial charge in [0.2, 0.25) is 0 Å². The molecule has 1 saturated carbocycles. The van der Waals surface area contributed by atoms with Crippen LogP contribution in [0.1, 0.15) is 31.4 Å². The van der Waals surface area contributed by atoms with E-state index in [-0.39, 0.29) is 0 Å². The van der Waals surface area contributed by atoms with Gasteiger partial charge in [-0.3, -0.25) is 0 Å². The SMILES string of the molecule is CCNCC1CC(n2cc(-c3cccc(OCc4c#cccc4)c3)c3c(N)ncnc32)C1. The number of benzene rings is 1. The molecule has 3 N–H and O–H groups in total. The van der Waals surface area contributed by atoms with Crippen LogP contribution in [0, 0.1) is 18.1 Å². The van der Waals surface area contributed by atoms with Crippen molar-refractivity contribution in [3.8, 4) is 16.9 Å². The Morgan fingerprint density at radius 2 is 2.12 bits per heavy atom. The zero-order chi connectivity index (χ0) is 21.9. The number of fused-ring (bicyclic) bond motifs is 1. The van der Waals surface area contributed by atoms with Gasteiger partial charge in [-0.15, -0.1) is 0 Å². The first-order valence-corrected chi connectivity index (χ1v) is 11.1. The van der Waals surface area contributed by atoms with Gasteiger partial charge >= 0.3 is 0 Å². The first-order valence-electron chi connectivity index (χ1n) is 11.1. The van der Waals surface area contributed by atoms with Crippen LogP contribution >= 0.6 is 0 Å². The molecule has 2 aromatic carbocycles. The molecule has 0 unspecified atom stereocenters. The fraction of sp³-hybridized carbons (Fsp3) is 0.308. The molecule has 0 aliphatic heterocycles. The van der Waals surface area contributed by atoms with E-state index in [4.69, 9.17) is 10.5 Å². The molecule has 6 heteroatoms. The molecule has 2 heterocycles. The van der Waals surface area contributed by atoms with E-state index in [0.717, 1.165) is 59.4 Å².